The van der Waals surface area contributed by atoms with Crippen molar-refractivity contribution in [2.75, 3.05) is 25.7 Å². The van der Waals surface area contributed by atoms with Gasteiger partial charge in [0.2, 0.25) is 0 Å². The second-order valence-corrected chi connectivity index (χ2v) is 13.1. The predicted octanol–water partition coefficient (Wildman–Crippen LogP) is 3.88. The summed E-state index contributed by atoms with van der Waals surface area (Å²) in [6.07, 6.45) is 0. The second-order valence-electron chi connectivity index (χ2n) is 10.3. The van der Waals surface area contributed by atoms with Crippen LogP contribution in [0, 0.1) is 0 Å². The molecular formula is C30H20N2O10S2. The van der Waals surface area contributed by atoms with Gasteiger partial charge in [0.05, 0.1) is 47.1 Å². The summed E-state index contributed by atoms with van der Waals surface area (Å²) in [6, 6.07) is 11.7. The average Bonchev–Trinajstić information content (AvgIpc) is 2.96. The normalized spacial score (nSPS) is 12.8. The third kappa shape index (κ3) is 3.38. The van der Waals surface area contributed by atoms with Gasteiger partial charge in [-0.1, -0.05) is 24.3 Å². The van der Waals surface area contributed by atoms with Crippen LogP contribution >= 0.6 is 0 Å². The molecule has 14 heteroatoms. The first-order valence-electron chi connectivity index (χ1n) is 12.8. The molecule has 0 saturated heterocycles. The number of fused-ring (bicyclic) bond motifs is 6. The summed E-state index contributed by atoms with van der Waals surface area (Å²) < 4.78 is 81.6. The number of hydrogen-bond acceptors (Lipinski definition) is 10. The van der Waals surface area contributed by atoms with E-state index < -0.39 is 52.3 Å². The molecule has 7 aromatic rings. The quantitative estimate of drug-likeness (QED) is 0.0942. The maximum absolute atomic E-state index is 14.2. The number of benzene rings is 7. The van der Waals surface area contributed by atoms with Crippen LogP contribution in [0.4, 0.5) is 11.4 Å². The Morgan fingerprint density at radius 3 is 1.20 bits per heavy atom. The molecule has 0 bridgehead atoms. The van der Waals surface area contributed by atoms with Crippen molar-refractivity contribution in [1.82, 2.24) is 0 Å². The number of methoxy groups -OCH3 is 2. The van der Waals surface area contributed by atoms with Crippen molar-refractivity contribution in [3.05, 3.63) is 69.0 Å². The maximum atomic E-state index is 14.2. The van der Waals surface area contributed by atoms with Gasteiger partial charge in [0.15, 0.2) is 10.9 Å². The van der Waals surface area contributed by atoms with Crippen LogP contribution in [0.3, 0.4) is 0 Å². The molecule has 7 aromatic carbocycles. The van der Waals surface area contributed by atoms with E-state index in [2.05, 4.69) is 0 Å². The van der Waals surface area contributed by atoms with Crippen molar-refractivity contribution in [2.45, 2.75) is 9.79 Å². The molecule has 0 aliphatic heterocycles. The Kier molecular flexibility index (Phi) is 5.54. The van der Waals surface area contributed by atoms with Gasteiger partial charge in [-0.3, -0.25) is 18.7 Å². The molecule has 0 aliphatic rings. The Bertz CT molecular complexity index is 2610. The highest BCUT2D eigenvalue weighted by Crippen LogP contribution is 2.49. The van der Waals surface area contributed by atoms with Crippen LogP contribution in [0.5, 0.6) is 11.5 Å². The molecule has 12 nitrogen and oxygen atoms in total. The molecule has 44 heavy (non-hydrogen) atoms. The van der Waals surface area contributed by atoms with Crippen molar-refractivity contribution < 1.29 is 35.4 Å². The van der Waals surface area contributed by atoms with E-state index in [1.54, 1.807) is 24.3 Å². The van der Waals surface area contributed by atoms with Crippen LogP contribution in [0.15, 0.2) is 67.9 Å². The Morgan fingerprint density at radius 2 is 0.886 bits per heavy atom. The van der Waals surface area contributed by atoms with Crippen molar-refractivity contribution in [1.29, 1.82) is 0 Å². The zero-order valence-corrected chi connectivity index (χ0v) is 24.4. The molecule has 7 rings (SSSR count). The van der Waals surface area contributed by atoms with Gasteiger partial charge in [-0.05, 0) is 56.6 Å². The number of rotatable bonds is 4. The van der Waals surface area contributed by atoms with E-state index in [-0.39, 0.29) is 54.6 Å². The predicted molar refractivity (Wildman–Crippen MR) is 168 cm³/mol. The summed E-state index contributed by atoms with van der Waals surface area (Å²) >= 11 is 0. The zero-order valence-electron chi connectivity index (χ0n) is 22.8. The molecule has 0 fully saturated rings. The summed E-state index contributed by atoms with van der Waals surface area (Å²) in [5.74, 6) is 0.295. The first-order valence-corrected chi connectivity index (χ1v) is 15.7. The van der Waals surface area contributed by atoms with Crippen LogP contribution in [0.2, 0.25) is 0 Å². The molecule has 0 amide bonds. The minimum atomic E-state index is -5.04. The monoisotopic (exact) mass is 632 g/mol. The number of nitrogens with two attached hydrogens (primary N) is 2. The van der Waals surface area contributed by atoms with Gasteiger partial charge in [0.1, 0.15) is 21.3 Å². The van der Waals surface area contributed by atoms with E-state index in [1.165, 1.54) is 26.4 Å². The smallest absolute Gasteiger partial charge is 0.296 e. The lowest BCUT2D eigenvalue weighted by atomic mass is 9.83. The molecule has 0 saturated carbocycles. The van der Waals surface area contributed by atoms with Gasteiger partial charge >= 0.3 is 0 Å². The van der Waals surface area contributed by atoms with E-state index in [9.17, 15) is 35.5 Å². The average molecular weight is 633 g/mol. The number of hydrogen-bond donors (Lipinski definition) is 4. The first kappa shape index (κ1) is 27.8. The summed E-state index contributed by atoms with van der Waals surface area (Å²) in [6.45, 7) is 0. The van der Waals surface area contributed by atoms with Gasteiger partial charge in [-0.15, -0.1) is 0 Å². The third-order valence-corrected chi connectivity index (χ3v) is 9.98. The molecule has 0 heterocycles. The molecular weight excluding hydrogens is 612 g/mol. The lowest BCUT2D eigenvalue weighted by Gasteiger charge is -2.21. The van der Waals surface area contributed by atoms with Crippen LogP contribution in [-0.4, -0.2) is 40.2 Å². The SMILES string of the molecule is COc1cccc2c1c(=O)c1c(N)c(S(=O)(=O)O)cc3c4cc(S(=O)(=O)O)c(N)c5c(=O)c6c(OC)cccc6c(c54)c2c13. The molecule has 0 aliphatic carbocycles. The number of anilines is 2. The fourth-order valence-electron chi connectivity index (χ4n) is 6.52. The highest BCUT2D eigenvalue weighted by Gasteiger charge is 2.30. The lowest BCUT2D eigenvalue weighted by molar-refractivity contribution is 0.419. The Hall–Kier alpha value is -5.02. The Balaban J connectivity index is 2.06. The van der Waals surface area contributed by atoms with Crippen molar-refractivity contribution in [2.24, 2.45) is 0 Å². The van der Waals surface area contributed by atoms with Gasteiger partial charge < -0.3 is 20.9 Å². The fraction of sp³-hybridized carbons (Fsp3) is 0.0667. The van der Waals surface area contributed by atoms with Crippen molar-refractivity contribution in [3.8, 4) is 11.5 Å². The zero-order chi connectivity index (χ0) is 31.6. The highest BCUT2D eigenvalue weighted by molar-refractivity contribution is 7.86. The standard InChI is InChI=1S/C30H20N2O10S2/c1-41-15-7-3-5-11-19(15)29(33)25-23-13(9-17(27(25)31)43(35,36)37)14-10-18(44(38,39)40)28(32)26-24(14)22(21(11)23)12-6-4-8-16(42-2)20(12)30(26)34/h3-10H,31-32H2,1-2H3,(H,35,36,37)(H,38,39,40). The summed E-state index contributed by atoms with van der Waals surface area (Å²) in [7, 11) is -7.38. The van der Waals surface area contributed by atoms with Crippen LogP contribution < -0.4 is 31.8 Å². The highest BCUT2D eigenvalue weighted by atomic mass is 32.2. The van der Waals surface area contributed by atoms with E-state index in [1.807, 2.05) is 0 Å². The number of nitrogen functional groups attached to an aromatic ring is 2. The van der Waals surface area contributed by atoms with E-state index in [4.69, 9.17) is 20.9 Å². The van der Waals surface area contributed by atoms with Crippen LogP contribution in [0.1, 0.15) is 0 Å². The van der Waals surface area contributed by atoms with Gasteiger partial charge in [-0.25, -0.2) is 0 Å². The largest absolute Gasteiger partial charge is 0.496 e. The molecule has 0 spiro atoms. The minimum absolute atomic E-state index is 0.0392. The first-order chi connectivity index (χ1) is 20.7. The summed E-state index contributed by atoms with van der Waals surface area (Å²) in [5, 5.41) is 1.12. The molecule has 0 aromatic heterocycles. The summed E-state index contributed by atoms with van der Waals surface area (Å²) in [4.78, 5) is 26.8. The maximum Gasteiger partial charge on any atom is 0.296 e. The van der Waals surface area contributed by atoms with Crippen LogP contribution in [0.25, 0.3) is 64.6 Å². The van der Waals surface area contributed by atoms with Gasteiger partial charge in [0, 0.05) is 10.8 Å². The van der Waals surface area contributed by atoms with E-state index in [0.717, 1.165) is 12.1 Å². The number of ether oxygens (including phenoxy) is 2. The topological polar surface area (TPSA) is 213 Å². The molecule has 0 unspecified atom stereocenters. The lowest BCUT2D eigenvalue weighted by Crippen LogP contribution is -2.14. The fourth-order valence-corrected chi connectivity index (χ4v) is 7.81. The van der Waals surface area contributed by atoms with Crippen molar-refractivity contribution in [3.63, 3.8) is 0 Å². The molecule has 0 radical (unpaired) electrons. The summed E-state index contributed by atoms with van der Waals surface area (Å²) in [5.41, 5.74) is 10.1. The van der Waals surface area contributed by atoms with Gasteiger partial charge in [0.25, 0.3) is 20.2 Å². The van der Waals surface area contributed by atoms with Crippen molar-refractivity contribution >= 4 is 96.2 Å². The molecule has 6 N–H and O–H groups in total. The van der Waals surface area contributed by atoms with E-state index >= 15 is 0 Å². The third-order valence-electron chi connectivity index (χ3n) is 8.19. The van der Waals surface area contributed by atoms with Crippen LogP contribution in [-0.2, 0) is 20.2 Å². The molecule has 222 valence electrons. The van der Waals surface area contributed by atoms with Gasteiger partial charge in [-0.2, -0.15) is 16.8 Å². The Labute approximate surface area is 247 Å². The second kappa shape index (κ2) is 8.76. The molecule has 0 atom stereocenters. The minimum Gasteiger partial charge on any atom is -0.496 e. The Morgan fingerprint density at radius 1 is 0.545 bits per heavy atom. The van der Waals surface area contributed by atoms with E-state index in [0.29, 0.717) is 21.5 Å².